The van der Waals surface area contributed by atoms with E-state index >= 15 is 0 Å². The van der Waals surface area contributed by atoms with Gasteiger partial charge in [-0.05, 0) is 13.3 Å². The molecule has 2 atom stereocenters. The summed E-state index contributed by atoms with van der Waals surface area (Å²) in [5, 5.41) is 6.72. The third-order valence-corrected chi connectivity index (χ3v) is 2.51. The van der Waals surface area contributed by atoms with E-state index in [1.54, 1.807) is 0 Å². The van der Waals surface area contributed by atoms with Gasteiger partial charge in [-0.3, -0.25) is 0 Å². The molecule has 1 fully saturated rings. The summed E-state index contributed by atoms with van der Waals surface area (Å²) < 4.78 is 5.66. The third kappa shape index (κ3) is 1.62. The molecule has 0 aromatic rings. The number of allylic oxidation sites excluding steroid dienone is 2. The van der Waals surface area contributed by atoms with Crippen molar-refractivity contribution in [2.75, 3.05) is 19.7 Å². The highest BCUT2D eigenvalue weighted by Crippen LogP contribution is 2.18. The Morgan fingerprint density at radius 1 is 1.58 bits per heavy atom. The first-order valence-corrected chi connectivity index (χ1v) is 4.62. The molecule has 12 heavy (non-hydrogen) atoms. The second kappa shape index (κ2) is 3.46. The molecule has 0 aliphatic carbocycles. The van der Waals surface area contributed by atoms with Crippen molar-refractivity contribution in [3.63, 3.8) is 0 Å². The molecule has 2 aliphatic rings. The first kappa shape index (κ1) is 8.08. The number of rotatable bonds is 0. The van der Waals surface area contributed by atoms with E-state index in [9.17, 15) is 0 Å². The van der Waals surface area contributed by atoms with Crippen LogP contribution in [-0.2, 0) is 4.74 Å². The summed E-state index contributed by atoms with van der Waals surface area (Å²) >= 11 is 0. The third-order valence-electron chi connectivity index (χ3n) is 2.51. The minimum absolute atomic E-state index is 0.241. The molecule has 2 aliphatic heterocycles. The van der Waals surface area contributed by atoms with Crippen LogP contribution in [0.3, 0.4) is 0 Å². The van der Waals surface area contributed by atoms with Crippen LogP contribution in [0.5, 0.6) is 0 Å². The van der Waals surface area contributed by atoms with Crippen molar-refractivity contribution in [1.82, 2.24) is 10.6 Å². The van der Waals surface area contributed by atoms with Gasteiger partial charge in [0, 0.05) is 24.7 Å². The van der Waals surface area contributed by atoms with Crippen molar-refractivity contribution in [3.8, 4) is 0 Å². The summed E-state index contributed by atoms with van der Waals surface area (Å²) in [6.45, 7) is 4.97. The molecule has 0 amide bonds. The van der Waals surface area contributed by atoms with Crippen LogP contribution in [0.25, 0.3) is 0 Å². The molecule has 3 nitrogen and oxygen atoms in total. The molecule has 3 heteroatoms. The molecule has 0 aromatic heterocycles. The molecule has 0 radical (unpaired) electrons. The van der Waals surface area contributed by atoms with Crippen molar-refractivity contribution in [3.05, 3.63) is 11.8 Å². The first-order valence-electron chi connectivity index (χ1n) is 4.62. The monoisotopic (exact) mass is 168 g/mol. The summed E-state index contributed by atoms with van der Waals surface area (Å²) in [6.07, 6.45) is 3.62. The van der Waals surface area contributed by atoms with Crippen molar-refractivity contribution >= 4 is 0 Å². The van der Waals surface area contributed by atoms with E-state index in [0.29, 0.717) is 5.92 Å². The van der Waals surface area contributed by atoms with E-state index in [1.165, 1.54) is 5.70 Å². The number of nitrogens with one attached hydrogen (secondary N) is 2. The summed E-state index contributed by atoms with van der Waals surface area (Å²) in [5.74, 6) is 0.608. The average molecular weight is 168 g/mol. The highest BCUT2D eigenvalue weighted by molar-refractivity contribution is 5.03. The van der Waals surface area contributed by atoms with E-state index < -0.39 is 0 Å². The highest BCUT2D eigenvalue weighted by atomic mass is 16.5. The molecule has 0 bridgehead atoms. The van der Waals surface area contributed by atoms with E-state index in [0.717, 1.165) is 26.1 Å². The van der Waals surface area contributed by atoms with Crippen LogP contribution < -0.4 is 10.6 Å². The summed E-state index contributed by atoms with van der Waals surface area (Å²) in [7, 11) is 0. The highest BCUT2D eigenvalue weighted by Gasteiger charge is 2.25. The van der Waals surface area contributed by atoms with E-state index in [4.69, 9.17) is 4.74 Å². The number of hydrogen-bond donors (Lipinski definition) is 2. The van der Waals surface area contributed by atoms with E-state index in [-0.39, 0.29) is 6.23 Å². The normalized spacial score (nSPS) is 35.9. The number of fused-ring (bicyclic) bond motifs is 1. The lowest BCUT2D eigenvalue weighted by Crippen LogP contribution is -2.41. The topological polar surface area (TPSA) is 33.3 Å². The van der Waals surface area contributed by atoms with Crippen LogP contribution >= 0.6 is 0 Å². The zero-order valence-electron chi connectivity index (χ0n) is 7.47. The Kier molecular flexibility index (Phi) is 2.33. The Bertz CT molecular complexity index is 191. The van der Waals surface area contributed by atoms with Gasteiger partial charge in [0.1, 0.15) is 6.23 Å². The maximum absolute atomic E-state index is 5.66. The Morgan fingerprint density at radius 2 is 2.50 bits per heavy atom. The average Bonchev–Trinajstić information content (AvgIpc) is 2.28. The fourth-order valence-corrected chi connectivity index (χ4v) is 1.77. The van der Waals surface area contributed by atoms with Crippen LogP contribution in [0.2, 0.25) is 0 Å². The van der Waals surface area contributed by atoms with Crippen LogP contribution in [0.1, 0.15) is 13.3 Å². The standard InChI is InChI=1S/C9H16N2O/c1-7-2-3-8-6-10-4-5-12-9(8)11-7/h2,8-11H,3-6H2,1H3. The summed E-state index contributed by atoms with van der Waals surface area (Å²) in [5.41, 5.74) is 1.25. The SMILES string of the molecule is CC1=CCC2CNCCOC2N1. The Balaban J connectivity index is 2.03. The van der Waals surface area contributed by atoms with Gasteiger partial charge in [0.2, 0.25) is 0 Å². The minimum atomic E-state index is 0.241. The van der Waals surface area contributed by atoms with Gasteiger partial charge in [-0.2, -0.15) is 0 Å². The molecule has 2 unspecified atom stereocenters. The zero-order chi connectivity index (χ0) is 8.39. The molecule has 2 heterocycles. The first-order chi connectivity index (χ1) is 5.86. The Hall–Kier alpha value is -0.540. The van der Waals surface area contributed by atoms with Gasteiger partial charge in [0.25, 0.3) is 0 Å². The lowest BCUT2D eigenvalue weighted by molar-refractivity contribution is 0.0108. The summed E-state index contributed by atoms with van der Waals surface area (Å²) in [4.78, 5) is 0. The van der Waals surface area contributed by atoms with Crippen molar-refractivity contribution in [2.24, 2.45) is 5.92 Å². The maximum atomic E-state index is 5.66. The lowest BCUT2D eigenvalue weighted by atomic mass is 9.99. The molecule has 0 saturated carbocycles. The van der Waals surface area contributed by atoms with Crippen LogP contribution in [0, 0.1) is 5.92 Å². The van der Waals surface area contributed by atoms with Gasteiger partial charge >= 0.3 is 0 Å². The molecule has 68 valence electrons. The molecule has 1 saturated heterocycles. The maximum Gasteiger partial charge on any atom is 0.131 e. The second-order valence-electron chi connectivity index (χ2n) is 3.52. The number of hydrogen-bond acceptors (Lipinski definition) is 3. The Morgan fingerprint density at radius 3 is 3.42 bits per heavy atom. The number of ether oxygens (including phenoxy) is 1. The van der Waals surface area contributed by atoms with Crippen LogP contribution in [-0.4, -0.2) is 25.9 Å². The lowest BCUT2D eigenvalue weighted by Gasteiger charge is -2.29. The largest absolute Gasteiger partial charge is 0.364 e. The van der Waals surface area contributed by atoms with Crippen LogP contribution in [0.4, 0.5) is 0 Å². The molecular weight excluding hydrogens is 152 g/mol. The molecule has 2 rings (SSSR count). The molecule has 2 N–H and O–H groups in total. The second-order valence-corrected chi connectivity index (χ2v) is 3.52. The smallest absolute Gasteiger partial charge is 0.131 e. The van der Waals surface area contributed by atoms with Gasteiger partial charge in [-0.1, -0.05) is 6.08 Å². The van der Waals surface area contributed by atoms with E-state index in [2.05, 4.69) is 23.6 Å². The van der Waals surface area contributed by atoms with Crippen LogP contribution in [0.15, 0.2) is 11.8 Å². The van der Waals surface area contributed by atoms with Gasteiger partial charge in [0.15, 0.2) is 0 Å². The van der Waals surface area contributed by atoms with Gasteiger partial charge in [0.05, 0.1) is 6.61 Å². The molecule has 0 aromatic carbocycles. The van der Waals surface area contributed by atoms with Gasteiger partial charge in [-0.25, -0.2) is 0 Å². The minimum Gasteiger partial charge on any atom is -0.364 e. The van der Waals surface area contributed by atoms with E-state index in [1.807, 2.05) is 0 Å². The predicted octanol–water partition coefficient (Wildman–Crippen LogP) is 0.446. The van der Waals surface area contributed by atoms with Crippen molar-refractivity contribution in [1.29, 1.82) is 0 Å². The zero-order valence-corrected chi connectivity index (χ0v) is 7.47. The van der Waals surface area contributed by atoms with Crippen molar-refractivity contribution in [2.45, 2.75) is 19.6 Å². The van der Waals surface area contributed by atoms with Gasteiger partial charge in [-0.15, -0.1) is 0 Å². The predicted molar refractivity (Wildman–Crippen MR) is 47.6 cm³/mol. The summed E-state index contributed by atoms with van der Waals surface area (Å²) in [6, 6.07) is 0. The molecule has 0 spiro atoms. The molecular formula is C9H16N2O. The van der Waals surface area contributed by atoms with Crippen molar-refractivity contribution < 1.29 is 4.74 Å². The van der Waals surface area contributed by atoms with Gasteiger partial charge < -0.3 is 15.4 Å². The quantitative estimate of drug-likeness (QED) is 0.551. The fourth-order valence-electron chi connectivity index (χ4n) is 1.77. The fraction of sp³-hybridized carbons (Fsp3) is 0.778. The Labute approximate surface area is 73.2 Å².